The lowest BCUT2D eigenvalue weighted by molar-refractivity contribution is -0.0435. The zero-order valence-electron chi connectivity index (χ0n) is 10.8. The highest BCUT2D eigenvalue weighted by molar-refractivity contribution is 7.92. The van der Waals surface area contributed by atoms with Gasteiger partial charge in [-0.1, -0.05) is 12.1 Å². The summed E-state index contributed by atoms with van der Waals surface area (Å²) in [7, 11) is -5.34. The van der Waals surface area contributed by atoms with Crippen LogP contribution in [-0.2, 0) is 9.84 Å². The van der Waals surface area contributed by atoms with Crippen molar-refractivity contribution in [3.8, 4) is 0 Å². The first-order valence-electron chi connectivity index (χ1n) is 6.16. The molecule has 1 fully saturated rings. The first-order valence-corrected chi connectivity index (χ1v) is 7.65. The molecule has 1 aliphatic heterocycles. The predicted molar refractivity (Wildman–Crippen MR) is 69.4 cm³/mol. The van der Waals surface area contributed by atoms with Gasteiger partial charge in [-0.05, 0) is 19.1 Å². The standard InChI is InChI=1S/C12H15F3N2O2S/c1-2-17(9-7-16-8-9)10-5-3-4-6-11(10)20(18,19)12(13,14)15/h3-6,9,16H,2,7-8H2,1H3. The number of para-hydroxylation sites is 1. The number of hydrogen-bond donors (Lipinski definition) is 1. The van der Waals surface area contributed by atoms with Gasteiger partial charge in [-0.3, -0.25) is 0 Å². The monoisotopic (exact) mass is 308 g/mol. The van der Waals surface area contributed by atoms with Crippen molar-refractivity contribution in [3.05, 3.63) is 24.3 Å². The maximum Gasteiger partial charge on any atom is 0.501 e. The van der Waals surface area contributed by atoms with Crippen molar-refractivity contribution in [2.75, 3.05) is 24.5 Å². The Balaban J connectivity index is 2.50. The molecule has 1 aromatic rings. The second kappa shape index (κ2) is 5.25. The number of likely N-dealkylation sites (N-methyl/N-ethyl adjacent to an activating group) is 1. The maximum atomic E-state index is 12.7. The van der Waals surface area contributed by atoms with Gasteiger partial charge in [0.1, 0.15) is 0 Å². The highest BCUT2D eigenvalue weighted by Gasteiger charge is 2.48. The number of benzene rings is 1. The average molecular weight is 308 g/mol. The lowest BCUT2D eigenvalue weighted by Gasteiger charge is -2.40. The molecule has 0 unspecified atom stereocenters. The molecule has 1 N–H and O–H groups in total. The zero-order valence-corrected chi connectivity index (χ0v) is 11.6. The molecule has 1 saturated heterocycles. The van der Waals surface area contributed by atoms with Crippen molar-refractivity contribution < 1.29 is 21.6 Å². The maximum absolute atomic E-state index is 12.7. The van der Waals surface area contributed by atoms with E-state index in [4.69, 9.17) is 0 Å². The molecule has 112 valence electrons. The van der Waals surface area contributed by atoms with Crippen LogP contribution >= 0.6 is 0 Å². The van der Waals surface area contributed by atoms with Crippen molar-refractivity contribution in [2.24, 2.45) is 0 Å². The second-order valence-electron chi connectivity index (χ2n) is 4.51. The topological polar surface area (TPSA) is 49.4 Å². The Labute approximate surface area is 115 Å². The molecule has 0 aliphatic carbocycles. The molecule has 4 nitrogen and oxygen atoms in total. The molecule has 0 atom stereocenters. The quantitative estimate of drug-likeness (QED) is 0.921. The summed E-state index contributed by atoms with van der Waals surface area (Å²) in [6, 6.07) is 5.28. The van der Waals surface area contributed by atoms with Crippen molar-refractivity contribution in [3.63, 3.8) is 0 Å². The molecule has 8 heteroatoms. The largest absolute Gasteiger partial charge is 0.501 e. The molecule has 0 bridgehead atoms. The molecular weight excluding hydrogens is 293 g/mol. The van der Waals surface area contributed by atoms with E-state index in [1.807, 2.05) is 0 Å². The SMILES string of the molecule is CCN(c1ccccc1S(=O)(=O)C(F)(F)F)C1CNC1. The summed E-state index contributed by atoms with van der Waals surface area (Å²) in [5, 5.41) is 3.02. The van der Waals surface area contributed by atoms with Crippen LogP contribution in [0.15, 0.2) is 29.2 Å². The molecular formula is C12H15F3N2O2S. The van der Waals surface area contributed by atoms with E-state index in [1.54, 1.807) is 17.9 Å². The summed E-state index contributed by atoms with van der Waals surface area (Å²) in [6.07, 6.45) is 0. The Kier molecular flexibility index (Phi) is 3.97. The van der Waals surface area contributed by atoms with Crippen molar-refractivity contribution in [1.82, 2.24) is 5.32 Å². The van der Waals surface area contributed by atoms with Crippen LogP contribution in [0.25, 0.3) is 0 Å². The summed E-state index contributed by atoms with van der Waals surface area (Å²) in [6.45, 7) is 3.49. The third-order valence-electron chi connectivity index (χ3n) is 3.31. The number of alkyl halides is 3. The number of nitrogens with one attached hydrogen (secondary N) is 1. The fourth-order valence-corrected chi connectivity index (χ4v) is 3.13. The van der Waals surface area contributed by atoms with Crippen molar-refractivity contribution in [1.29, 1.82) is 0 Å². The van der Waals surface area contributed by atoms with E-state index >= 15 is 0 Å². The van der Waals surface area contributed by atoms with Crippen LogP contribution in [0.1, 0.15) is 6.92 Å². The third-order valence-corrected chi connectivity index (χ3v) is 4.84. The van der Waals surface area contributed by atoms with E-state index in [9.17, 15) is 21.6 Å². The third kappa shape index (κ3) is 2.49. The van der Waals surface area contributed by atoms with Gasteiger partial charge >= 0.3 is 5.51 Å². The van der Waals surface area contributed by atoms with E-state index in [0.29, 0.717) is 19.6 Å². The number of sulfone groups is 1. The Bertz CT molecular complexity index is 583. The van der Waals surface area contributed by atoms with Gasteiger partial charge in [-0.25, -0.2) is 8.42 Å². The summed E-state index contributed by atoms with van der Waals surface area (Å²) < 4.78 is 61.5. The Hall–Kier alpha value is -1.28. The fourth-order valence-electron chi connectivity index (χ4n) is 2.17. The van der Waals surface area contributed by atoms with Crippen LogP contribution in [0.3, 0.4) is 0 Å². The van der Waals surface area contributed by atoms with Gasteiger partial charge in [-0.15, -0.1) is 0 Å². The second-order valence-corrected chi connectivity index (χ2v) is 6.42. The molecule has 0 radical (unpaired) electrons. The molecule has 20 heavy (non-hydrogen) atoms. The number of nitrogens with zero attached hydrogens (tertiary/aromatic N) is 1. The summed E-state index contributed by atoms with van der Waals surface area (Å²) in [4.78, 5) is 1.01. The molecule has 1 heterocycles. The molecule has 1 aliphatic rings. The van der Waals surface area contributed by atoms with Crippen LogP contribution < -0.4 is 10.2 Å². The summed E-state index contributed by atoms with van der Waals surface area (Å²) in [5.41, 5.74) is -5.18. The van der Waals surface area contributed by atoms with Crippen molar-refractivity contribution >= 4 is 15.5 Å². The summed E-state index contributed by atoms with van der Waals surface area (Å²) >= 11 is 0. The van der Waals surface area contributed by atoms with Gasteiger partial charge in [0.05, 0.1) is 16.6 Å². The van der Waals surface area contributed by atoms with E-state index in [1.165, 1.54) is 12.1 Å². The minimum absolute atomic E-state index is 0.0181. The Morgan fingerprint density at radius 3 is 2.35 bits per heavy atom. The van der Waals surface area contributed by atoms with Gasteiger partial charge in [0.25, 0.3) is 9.84 Å². The number of rotatable bonds is 4. The minimum atomic E-state index is -5.34. The highest BCUT2D eigenvalue weighted by atomic mass is 32.2. The van der Waals surface area contributed by atoms with E-state index in [-0.39, 0.29) is 11.7 Å². The van der Waals surface area contributed by atoms with Crippen molar-refractivity contribution in [2.45, 2.75) is 23.4 Å². The Morgan fingerprint density at radius 1 is 1.30 bits per heavy atom. The lowest BCUT2D eigenvalue weighted by Crippen LogP contribution is -2.57. The van der Waals surface area contributed by atoms with E-state index in [2.05, 4.69) is 5.32 Å². The van der Waals surface area contributed by atoms with Gasteiger partial charge in [0, 0.05) is 19.6 Å². The van der Waals surface area contributed by atoms with Crippen LogP contribution in [0.5, 0.6) is 0 Å². The zero-order chi connectivity index (χ0) is 15.0. The van der Waals surface area contributed by atoms with Gasteiger partial charge in [0.2, 0.25) is 0 Å². The van der Waals surface area contributed by atoms with E-state index < -0.39 is 20.2 Å². The fraction of sp³-hybridized carbons (Fsp3) is 0.500. The molecule has 2 rings (SSSR count). The average Bonchev–Trinajstić information content (AvgIpc) is 2.32. The van der Waals surface area contributed by atoms with Gasteiger partial charge < -0.3 is 10.2 Å². The molecule has 1 aromatic carbocycles. The smallest absolute Gasteiger partial charge is 0.365 e. The predicted octanol–water partition coefficient (Wildman–Crippen LogP) is 1.78. The minimum Gasteiger partial charge on any atom is -0.365 e. The number of anilines is 1. The van der Waals surface area contributed by atoms with Crippen LogP contribution in [-0.4, -0.2) is 39.6 Å². The molecule has 0 spiro atoms. The lowest BCUT2D eigenvalue weighted by atomic mass is 10.1. The van der Waals surface area contributed by atoms with E-state index in [0.717, 1.165) is 6.07 Å². The molecule has 0 saturated carbocycles. The van der Waals surface area contributed by atoms with Gasteiger partial charge in [-0.2, -0.15) is 13.2 Å². The normalized spacial score (nSPS) is 16.8. The summed E-state index contributed by atoms with van der Waals surface area (Å²) in [5.74, 6) is 0. The van der Waals surface area contributed by atoms with Gasteiger partial charge in [0.15, 0.2) is 0 Å². The molecule has 0 amide bonds. The molecule has 0 aromatic heterocycles. The van der Waals surface area contributed by atoms with Crippen LogP contribution in [0.4, 0.5) is 18.9 Å². The first kappa shape index (κ1) is 15.1. The first-order chi connectivity index (χ1) is 9.29. The highest BCUT2D eigenvalue weighted by Crippen LogP contribution is 2.36. The Morgan fingerprint density at radius 2 is 1.90 bits per heavy atom. The van der Waals surface area contributed by atoms with Crippen LogP contribution in [0, 0.1) is 0 Å². The van der Waals surface area contributed by atoms with Crippen LogP contribution in [0.2, 0.25) is 0 Å². The number of halogens is 3. The number of hydrogen-bond acceptors (Lipinski definition) is 4.